The number of hydrazine groups is 1. The number of anilines is 2. The van der Waals surface area contributed by atoms with E-state index in [4.69, 9.17) is 0 Å². The first-order valence-corrected chi connectivity index (χ1v) is 7.76. The summed E-state index contributed by atoms with van der Waals surface area (Å²) in [4.78, 5) is 13.8. The Morgan fingerprint density at radius 1 is 1.17 bits per heavy atom. The number of urea groups is 1. The molecule has 0 aliphatic heterocycles. The van der Waals surface area contributed by atoms with Crippen LogP contribution in [0, 0.1) is 5.82 Å². The molecule has 0 heterocycles. The zero-order valence-corrected chi connectivity index (χ0v) is 14.4. The standard InChI is InChI=1S/C16H18BrFN4O/c1-22(2)13-6-3-11(4-7-13)10-19-16(23)21-20-15-8-5-12(18)9-14(15)17/h3-9,20H,10H2,1-2H3,(H2,19,21,23). The first-order chi connectivity index (χ1) is 11.0. The van der Waals surface area contributed by atoms with Gasteiger partial charge in [0, 0.05) is 30.8 Å². The van der Waals surface area contributed by atoms with E-state index in [1.807, 2.05) is 43.3 Å². The molecular formula is C16H18BrFN4O. The third-order valence-electron chi connectivity index (χ3n) is 3.15. The number of hydrogen-bond acceptors (Lipinski definition) is 3. The molecule has 0 fully saturated rings. The Labute approximate surface area is 143 Å². The Morgan fingerprint density at radius 3 is 2.48 bits per heavy atom. The molecule has 23 heavy (non-hydrogen) atoms. The van der Waals surface area contributed by atoms with Gasteiger partial charge in [-0.15, -0.1) is 0 Å². The van der Waals surface area contributed by atoms with Crippen molar-refractivity contribution in [2.45, 2.75) is 6.54 Å². The zero-order chi connectivity index (χ0) is 16.8. The van der Waals surface area contributed by atoms with E-state index in [1.54, 1.807) is 0 Å². The predicted molar refractivity (Wildman–Crippen MR) is 93.9 cm³/mol. The molecule has 7 heteroatoms. The molecule has 2 aromatic rings. The van der Waals surface area contributed by atoms with Crippen molar-refractivity contribution < 1.29 is 9.18 Å². The fourth-order valence-corrected chi connectivity index (χ4v) is 2.30. The molecule has 0 atom stereocenters. The summed E-state index contributed by atoms with van der Waals surface area (Å²) in [5.41, 5.74) is 7.88. The van der Waals surface area contributed by atoms with Crippen LogP contribution in [0.15, 0.2) is 46.9 Å². The number of halogens is 2. The summed E-state index contributed by atoms with van der Waals surface area (Å²) in [5.74, 6) is -0.354. The molecule has 0 aliphatic carbocycles. The van der Waals surface area contributed by atoms with Crippen molar-refractivity contribution in [3.05, 3.63) is 58.3 Å². The van der Waals surface area contributed by atoms with E-state index in [-0.39, 0.29) is 11.8 Å². The number of nitrogens with one attached hydrogen (secondary N) is 3. The quantitative estimate of drug-likeness (QED) is 0.696. The van der Waals surface area contributed by atoms with Gasteiger partial charge in [0.2, 0.25) is 0 Å². The van der Waals surface area contributed by atoms with Gasteiger partial charge in [-0.1, -0.05) is 12.1 Å². The molecule has 0 spiro atoms. The number of benzene rings is 2. The second-order valence-corrected chi connectivity index (χ2v) is 5.97. The van der Waals surface area contributed by atoms with E-state index < -0.39 is 0 Å². The molecule has 0 unspecified atom stereocenters. The maximum Gasteiger partial charge on any atom is 0.333 e. The highest BCUT2D eigenvalue weighted by Gasteiger charge is 2.04. The van der Waals surface area contributed by atoms with E-state index in [0.29, 0.717) is 16.7 Å². The minimum Gasteiger partial charge on any atom is -0.378 e. The van der Waals surface area contributed by atoms with Crippen LogP contribution in [0.4, 0.5) is 20.6 Å². The Balaban J connectivity index is 1.80. The van der Waals surface area contributed by atoms with Gasteiger partial charge in [-0.25, -0.2) is 9.18 Å². The number of nitrogens with zero attached hydrogens (tertiary/aromatic N) is 1. The minimum atomic E-state index is -0.377. The molecule has 3 N–H and O–H groups in total. The first-order valence-electron chi connectivity index (χ1n) is 6.97. The van der Waals surface area contributed by atoms with Gasteiger partial charge in [-0.2, -0.15) is 0 Å². The summed E-state index contributed by atoms with van der Waals surface area (Å²) < 4.78 is 13.5. The second-order valence-electron chi connectivity index (χ2n) is 5.12. The Hall–Kier alpha value is -2.28. The van der Waals surface area contributed by atoms with Crippen molar-refractivity contribution in [3.8, 4) is 0 Å². The van der Waals surface area contributed by atoms with Crippen molar-refractivity contribution in [2.24, 2.45) is 0 Å². The predicted octanol–water partition coefficient (Wildman–Crippen LogP) is 3.48. The summed E-state index contributed by atoms with van der Waals surface area (Å²) in [6, 6.07) is 11.7. The van der Waals surface area contributed by atoms with Gasteiger partial charge < -0.3 is 10.2 Å². The highest BCUT2D eigenvalue weighted by atomic mass is 79.9. The molecule has 0 saturated heterocycles. The van der Waals surface area contributed by atoms with Crippen LogP contribution in [0.5, 0.6) is 0 Å². The Kier molecular flexibility index (Phi) is 5.81. The molecule has 122 valence electrons. The van der Waals surface area contributed by atoms with Gasteiger partial charge in [0.1, 0.15) is 5.82 Å². The van der Waals surface area contributed by atoms with Gasteiger partial charge >= 0.3 is 6.03 Å². The maximum absolute atomic E-state index is 13.0. The molecule has 0 aromatic heterocycles. The molecule has 0 radical (unpaired) electrons. The van der Waals surface area contributed by atoms with E-state index in [2.05, 4.69) is 32.1 Å². The molecule has 2 aromatic carbocycles. The van der Waals surface area contributed by atoms with E-state index in [1.165, 1.54) is 18.2 Å². The van der Waals surface area contributed by atoms with Crippen molar-refractivity contribution in [3.63, 3.8) is 0 Å². The second kappa shape index (κ2) is 7.82. The summed E-state index contributed by atoms with van der Waals surface area (Å²) in [7, 11) is 3.94. The van der Waals surface area contributed by atoms with Gasteiger partial charge in [0.05, 0.1) is 5.69 Å². The lowest BCUT2D eigenvalue weighted by Gasteiger charge is -2.13. The number of carbonyl (C=O) groups is 1. The van der Waals surface area contributed by atoms with Crippen LogP contribution in [0.3, 0.4) is 0 Å². The average molecular weight is 381 g/mol. The molecule has 0 aliphatic rings. The third-order valence-corrected chi connectivity index (χ3v) is 3.80. The smallest absolute Gasteiger partial charge is 0.333 e. The SMILES string of the molecule is CN(C)c1ccc(CNC(=O)NNc2ccc(F)cc2Br)cc1. The summed E-state index contributed by atoms with van der Waals surface area (Å²) in [6.45, 7) is 0.409. The first kappa shape index (κ1) is 17.1. The van der Waals surface area contributed by atoms with Gasteiger partial charge in [-0.3, -0.25) is 10.9 Å². The van der Waals surface area contributed by atoms with Gasteiger partial charge in [-0.05, 0) is 51.8 Å². The van der Waals surface area contributed by atoms with Crippen LogP contribution in [0.25, 0.3) is 0 Å². The normalized spacial score (nSPS) is 10.1. The topological polar surface area (TPSA) is 56.4 Å². The average Bonchev–Trinajstić information content (AvgIpc) is 2.52. The van der Waals surface area contributed by atoms with Crippen molar-refractivity contribution >= 4 is 33.3 Å². The lowest BCUT2D eigenvalue weighted by Crippen LogP contribution is -2.38. The molecule has 2 rings (SSSR count). The molecular weight excluding hydrogens is 363 g/mol. The summed E-state index contributed by atoms with van der Waals surface area (Å²) >= 11 is 3.21. The number of amides is 2. The van der Waals surface area contributed by atoms with Gasteiger partial charge in [0.25, 0.3) is 0 Å². The number of hydrogen-bond donors (Lipinski definition) is 3. The van der Waals surface area contributed by atoms with Crippen LogP contribution in [-0.4, -0.2) is 20.1 Å². The lowest BCUT2D eigenvalue weighted by atomic mass is 10.2. The lowest BCUT2D eigenvalue weighted by molar-refractivity contribution is 0.242. The Morgan fingerprint density at radius 2 is 1.87 bits per heavy atom. The minimum absolute atomic E-state index is 0.354. The fourth-order valence-electron chi connectivity index (χ4n) is 1.85. The monoisotopic (exact) mass is 380 g/mol. The van der Waals surface area contributed by atoms with Crippen molar-refractivity contribution in [1.82, 2.24) is 10.7 Å². The molecule has 0 saturated carbocycles. The van der Waals surface area contributed by atoms with Crippen LogP contribution >= 0.6 is 15.9 Å². The molecule has 0 bridgehead atoms. The van der Waals surface area contributed by atoms with Crippen molar-refractivity contribution in [2.75, 3.05) is 24.4 Å². The molecule has 5 nitrogen and oxygen atoms in total. The fraction of sp³-hybridized carbons (Fsp3) is 0.188. The van der Waals surface area contributed by atoms with Crippen LogP contribution in [0.2, 0.25) is 0 Å². The molecule has 2 amide bonds. The van der Waals surface area contributed by atoms with Crippen LogP contribution in [-0.2, 0) is 6.54 Å². The van der Waals surface area contributed by atoms with Crippen molar-refractivity contribution in [1.29, 1.82) is 0 Å². The number of rotatable bonds is 5. The zero-order valence-electron chi connectivity index (χ0n) is 12.9. The summed E-state index contributed by atoms with van der Waals surface area (Å²) in [6.07, 6.45) is 0. The Bertz CT molecular complexity index is 676. The van der Waals surface area contributed by atoms with E-state index >= 15 is 0 Å². The summed E-state index contributed by atoms with van der Waals surface area (Å²) in [5, 5.41) is 2.73. The van der Waals surface area contributed by atoms with Crippen LogP contribution < -0.4 is 21.1 Å². The highest BCUT2D eigenvalue weighted by molar-refractivity contribution is 9.10. The highest BCUT2D eigenvalue weighted by Crippen LogP contribution is 2.22. The number of carbonyl (C=O) groups excluding carboxylic acids is 1. The maximum atomic E-state index is 13.0. The third kappa shape index (κ3) is 5.14. The van der Waals surface area contributed by atoms with E-state index in [9.17, 15) is 9.18 Å². The largest absolute Gasteiger partial charge is 0.378 e. The van der Waals surface area contributed by atoms with Crippen LogP contribution in [0.1, 0.15) is 5.56 Å². The van der Waals surface area contributed by atoms with Gasteiger partial charge in [0.15, 0.2) is 0 Å². The van der Waals surface area contributed by atoms with E-state index in [0.717, 1.165) is 11.3 Å².